The van der Waals surface area contributed by atoms with Crippen molar-refractivity contribution in [3.8, 4) is 0 Å². The van der Waals surface area contributed by atoms with Crippen LogP contribution in [0.4, 0.5) is 0 Å². The highest BCUT2D eigenvalue weighted by Crippen LogP contribution is 2.42. The van der Waals surface area contributed by atoms with E-state index < -0.39 is 17.4 Å². The normalized spacial score (nSPS) is 20.3. The highest BCUT2D eigenvalue weighted by molar-refractivity contribution is 6.04. The van der Waals surface area contributed by atoms with E-state index in [1.165, 1.54) is 7.11 Å². The standard InChI is InChI=1S/C17H20O5/c1-22-15(20)11-17(9-4-7-14(18)19)10-8-12-5-2-3-6-13(12)16(17)21/h2-3,5-6H,4,7-11H2,1H3,(H,18,19)/t17-/m0/s1. The van der Waals surface area contributed by atoms with E-state index in [9.17, 15) is 14.4 Å². The average Bonchev–Trinajstić information content (AvgIpc) is 2.50. The molecule has 5 heteroatoms. The van der Waals surface area contributed by atoms with Gasteiger partial charge in [0.15, 0.2) is 5.78 Å². The first-order chi connectivity index (χ1) is 10.5. The number of methoxy groups -OCH3 is 1. The van der Waals surface area contributed by atoms with Gasteiger partial charge in [0.25, 0.3) is 0 Å². The summed E-state index contributed by atoms with van der Waals surface area (Å²) < 4.78 is 4.73. The number of Topliss-reactive ketones (excluding diaryl/α,β-unsaturated/α-hetero) is 1. The molecular weight excluding hydrogens is 284 g/mol. The molecule has 22 heavy (non-hydrogen) atoms. The van der Waals surface area contributed by atoms with E-state index in [1.807, 2.05) is 18.2 Å². The third-order valence-electron chi connectivity index (χ3n) is 4.37. The van der Waals surface area contributed by atoms with Crippen molar-refractivity contribution in [3.05, 3.63) is 35.4 Å². The summed E-state index contributed by atoms with van der Waals surface area (Å²) in [6, 6.07) is 7.40. The molecule has 1 atom stereocenters. The fourth-order valence-electron chi connectivity index (χ4n) is 3.16. The summed E-state index contributed by atoms with van der Waals surface area (Å²) in [5.74, 6) is -1.38. The second-order valence-corrected chi connectivity index (χ2v) is 5.77. The van der Waals surface area contributed by atoms with Gasteiger partial charge in [-0.05, 0) is 31.2 Å². The van der Waals surface area contributed by atoms with E-state index in [0.29, 0.717) is 31.2 Å². The summed E-state index contributed by atoms with van der Waals surface area (Å²) in [7, 11) is 1.30. The molecule has 1 aromatic rings. The van der Waals surface area contributed by atoms with E-state index >= 15 is 0 Å². The molecule has 0 saturated heterocycles. The van der Waals surface area contributed by atoms with Crippen LogP contribution < -0.4 is 0 Å². The number of benzene rings is 1. The van der Waals surface area contributed by atoms with Crippen LogP contribution in [-0.2, 0) is 20.7 Å². The van der Waals surface area contributed by atoms with Crippen LogP contribution in [0.2, 0.25) is 0 Å². The number of fused-ring (bicyclic) bond motifs is 1. The molecule has 2 rings (SSSR count). The van der Waals surface area contributed by atoms with Crippen LogP contribution in [0.15, 0.2) is 24.3 Å². The summed E-state index contributed by atoms with van der Waals surface area (Å²) in [4.78, 5) is 35.4. The first-order valence-electron chi connectivity index (χ1n) is 7.40. The highest BCUT2D eigenvalue weighted by atomic mass is 16.5. The predicted molar refractivity (Wildman–Crippen MR) is 79.6 cm³/mol. The zero-order valence-corrected chi connectivity index (χ0v) is 12.6. The largest absolute Gasteiger partial charge is 0.481 e. The molecule has 0 bridgehead atoms. The Hall–Kier alpha value is -2.17. The SMILES string of the molecule is COC(=O)C[C@]1(CCCC(=O)O)CCc2ccccc2C1=O. The van der Waals surface area contributed by atoms with Gasteiger partial charge in [-0.2, -0.15) is 0 Å². The van der Waals surface area contributed by atoms with Crippen LogP contribution in [0.1, 0.15) is 48.0 Å². The molecule has 1 aliphatic rings. The summed E-state index contributed by atoms with van der Waals surface area (Å²) >= 11 is 0. The highest BCUT2D eigenvalue weighted by Gasteiger charge is 2.43. The number of ketones is 1. The van der Waals surface area contributed by atoms with Gasteiger partial charge in [0, 0.05) is 17.4 Å². The van der Waals surface area contributed by atoms with Crippen LogP contribution in [0.25, 0.3) is 0 Å². The van der Waals surface area contributed by atoms with Crippen molar-refractivity contribution in [1.82, 2.24) is 0 Å². The maximum Gasteiger partial charge on any atom is 0.306 e. The molecule has 0 radical (unpaired) electrons. The van der Waals surface area contributed by atoms with Gasteiger partial charge in [-0.1, -0.05) is 24.3 Å². The first kappa shape index (κ1) is 16.2. The molecule has 0 fully saturated rings. The van der Waals surface area contributed by atoms with Crippen LogP contribution in [0, 0.1) is 5.41 Å². The monoisotopic (exact) mass is 304 g/mol. The fraction of sp³-hybridized carbons (Fsp3) is 0.471. The third-order valence-corrected chi connectivity index (χ3v) is 4.37. The van der Waals surface area contributed by atoms with Gasteiger partial charge in [-0.3, -0.25) is 14.4 Å². The molecule has 0 unspecified atom stereocenters. The lowest BCUT2D eigenvalue weighted by atomic mass is 9.66. The Morgan fingerprint density at radius 1 is 1.32 bits per heavy atom. The molecule has 0 heterocycles. The average molecular weight is 304 g/mol. The van der Waals surface area contributed by atoms with E-state index in [1.54, 1.807) is 6.07 Å². The first-order valence-corrected chi connectivity index (χ1v) is 7.40. The minimum Gasteiger partial charge on any atom is -0.481 e. The Balaban J connectivity index is 2.27. The van der Waals surface area contributed by atoms with Crippen LogP contribution in [0.3, 0.4) is 0 Å². The van der Waals surface area contributed by atoms with Gasteiger partial charge in [-0.25, -0.2) is 0 Å². The van der Waals surface area contributed by atoms with E-state index in [0.717, 1.165) is 5.56 Å². The Bertz CT molecular complexity index is 592. The van der Waals surface area contributed by atoms with Crippen molar-refractivity contribution in [2.75, 3.05) is 7.11 Å². The third kappa shape index (κ3) is 3.35. The smallest absolute Gasteiger partial charge is 0.306 e. The lowest BCUT2D eigenvalue weighted by molar-refractivity contribution is -0.143. The number of rotatable bonds is 6. The molecule has 1 N–H and O–H groups in total. The van der Waals surface area contributed by atoms with Crippen molar-refractivity contribution in [3.63, 3.8) is 0 Å². The van der Waals surface area contributed by atoms with E-state index in [2.05, 4.69) is 0 Å². The zero-order valence-electron chi connectivity index (χ0n) is 12.6. The lowest BCUT2D eigenvalue weighted by Crippen LogP contribution is -2.38. The number of carboxylic acids is 1. The molecular formula is C17H20O5. The molecule has 1 aliphatic carbocycles. The summed E-state index contributed by atoms with van der Waals surface area (Å²) in [6.07, 6.45) is 2.04. The maximum absolute atomic E-state index is 12.9. The summed E-state index contributed by atoms with van der Waals surface area (Å²) in [5.41, 5.74) is 0.802. The van der Waals surface area contributed by atoms with Crippen molar-refractivity contribution in [2.24, 2.45) is 5.41 Å². The molecule has 118 valence electrons. The lowest BCUT2D eigenvalue weighted by Gasteiger charge is -2.36. The molecule has 5 nitrogen and oxygen atoms in total. The second kappa shape index (κ2) is 6.73. The number of carbonyl (C=O) groups is 3. The molecule has 0 aromatic heterocycles. The topological polar surface area (TPSA) is 80.7 Å². The fourth-order valence-corrected chi connectivity index (χ4v) is 3.16. The van der Waals surface area contributed by atoms with E-state index in [4.69, 9.17) is 9.84 Å². The molecule has 0 spiro atoms. The Morgan fingerprint density at radius 2 is 2.05 bits per heavy atom. The van der Waals surface area contributed by atoms with Crippen LogP contribution in [0.5, 0.6) is 0 Å². The van der Waals surface area contributed by atoms with Crippen molar-refractivity contribution in [2.45, 2.75) is 38.5 Å². The minimum atomic E-state index is -0.892. The predicted octanol–water partition coefficient (Wildman–Crippen LogP) is 2.62. The Labute approximate surface area is 129 Å². The number of esters is 1. The van der Waals surface area contributed by atoms with Gasteiger partial charge in [0.05, 0.1) is 13.5 Å². The number of ether oxygens (including phenoxy) is 1. The number of hydrogen-bond acceptors (Lipinski definition) is 4. The van der Waals surface area contributed by atoms with Gasteiger partial charge in [0.1, 0.15) is 0 Å². The van der Waals surface area contributed by atoms with Crippen molar-refractivity contribution >= 4 is 17.7 Å². The summed E-state index contributed by atoms with van der Waals surface area (Å²) in [6.45, 7) is 0. The molecule has 0 amide bonds. The Morgan fingerprint density at radius 3 is 2.73 bits per heavy atom. The molecule has 0 saturated carbocycles. The number of hydrogen-bond donors (Lipinski definition) is 1. The number of carboxylic acid groups (broad SMARTS) is 1. The molecule has 1 aromatic carbocycles. The van der Waals surface area contributed by atoms with Gasteiger partial charge in [0.2, 0.25) is 0 Å². The number of carbonyl (C=O) groups excluding carboxylic acids is 2. The van der Waals surface area contributed by atoms with Gasteiger partial charge in [-0.15, -0.1) is 0 Å². The number of aliphatic carboxylic acids is 1. The summed E-state index contributed by atoms with van der Waals surface area (Å²) in [5, 5.41) is 8.80. The number of aryl methyl sites for hydroxylation is 1. The van der Waals surface area contributed by atoms with Gasteiger partial charge >= 0.3 is 11.9 Å². The van der Waals surface area contributed by atoms with Crippen LogP contribution in [-0.4, -0.2) is 29.9 Å². The van der Waals surface area contributed by atoms with E-state index in [-0.39, 0.29) is 18.6 Å². The molecule has 0 aliphatic heterocycles. The Kier molecular flexibility index (Phi) is 4.96. The van der Waals surface area contributed by atoms with Crippen LogP contribution >= 0.6 is 0 Å². The van der Waals surface area contributed by atoms with Gasteiger partial charge < -0.3 is 9.84 Å². The zero-order chi connectivity index (χ0) is 16.2. The second-order valence-electron chi connectivity index (χ2n) is 5.77. The quantitative estimate of drug-likeness (QED) is 0.817. The minimum absolute atomic E-state index is 0.00213. The maximum atomic E-state index is 12.9. The van der Waals surface area contributed by atoms with Crippen molar-refractivity contribution in [1.29, 1.82) is 0 Å². The van der Waals surface area contributed by atoms with Crippen molar-refractivity contribution < 1.29 is 24.2 Å².